The van der Waals surface area contributed by atoms with Crippen molar-refractivity contribution in [3.05, 3.63) is 29.3 Å². The van der Waals surface area contributed by atoms with E-state index in [1.165, 1.54) is 37.7 Å². The Morgan fingerprint density at radius 2 is 2.14 bits per heavy atom. The van der Waals surface area contributed by atoms with Gasteiger partial charge in [0.25, 0.3) is 0 Å². The van der Waals surface area contributed by atoms with E-state index in [0.29, 0.717) is 0 Å². The van der Waals surface area contributed by atoms with Crippen molar-refractivity contribution < 1.29 is 9.84 Å². The van der Waals surface area contributed by atoms with Crippen LogP contribution in [-0.4, -0.2) is 10.7 Å². The molecule has 2 aliphatic rings. The van der Waals surface area contributed by atoms with E-state index < -0.39 is 0 Å². The van der Waals surface area contributed by atoms with Crippen LogP contribution in [-0.2, 0) is 0 Å². The van der Waals surface area contributed by atoms with Gasteiger partial charge in [0.2, 0.25) is 0 Å². The molecule has 1 heterocycles. The van der Waals surface area contributed by atoms with Gasteiger partial charge in [0.15, 0.2) is 0 Å². The predicted octanol–water partition coefficient (Wildman–Crippen LogP) is 4.93. The van der Waals surface area contributed by atoms with Crippen LogP contribution < -0.4 is 4.74 Å². The van der Waals surface area contributed by atoms with E-state index in [0.717, 1.165) is 36.5 Å². The SMILES string of the molecule is CCCC1CCCC2(CC1)CC(O)c1cc(C)ccc1O2. The van der Waals surface area contributed by atoms with Crippen molar-refractivity contribution in [1.82, 2.24) is 0 Å². The lowest BCUT2D eigenvalue weighted by Crippen LogP contribution is -2.40. The van der Waals surface area contributed by atoms with E-state index in [1.807, 2.05) is 6.07 Å². The zero-order valence-corrected chi connectivity index (χ0v) is 13.4. The lowest BCUT2D eigenvalue weighted by atomic mass is 9.82. The number of hydrogen-bond acceptors (Lipinski definition) is 2. The number of rotatable bonds is 2. The van der Waals surface area contributed by atoms with Gasteiger partial charge in [-0.15, -0.1) is 0 Å². The number of ether oxygens (including phenoxy) is 1. The summed E-state index contributed by atoms with van der Waals surface area (Å²) in [6, 6.07) is 6.20. The second kappa shape index (κ2) is 6.00. The number of fused-ring (bicyclic) bond motifs is 1. The van der Waals surface area contributed by atoms with Gasteiger partial charge in [-0.1, -0.05) is 37.8 Å². The maximum absolute atomic E-state index is 10.6. The molecule has 1 aliphatic heterocycles. The summed E-state index contributed by atoms with van der Waals surface area (Å²) in [6.07, 6.45) is 9.03. The summed E-state index contributed by atoms with van der Waals surface area (Å²) >= 11 is 0. The fourth-order valence-corrected chi connectivity index (χ4v) is 4.21. The molecule has 1 saturated carbocycles. The highest BCUT2D eigenvalue weighted by Crippen LogP contribution is 2.46. The van der Waals surface area contributed by atoms with Crippen LogP contribution in [0.3, 0.4) is 0 Å². The molecule has 1 N–H and O–H groups in total. The minimum Gasteiger partial charge on any atom is -0.487 e. The van der Waals surface area contributed by atoms with Gasteiger partial charge in [-0.3, -0.25) is 0 Å². The molecule has 3 atom stereocenters. The van der Waals surface area contributed by atoms with Crippen LogP contribution in [0.5, 0.6) is 5.75 Å². The maximum Gasteiger partial charge on any atom is 0.125 e. The monoisotopic (exact) mass is 288 g/mol. The molecule has 1 aromatic carbocycles. The Morgan fingerprint density at radius 3 is 2.95 bits per heavy atom. The van der Waals surface area contributed by atoms with Gasteiger partial charge >= 0.3 is 0 Å². The number of aryl methyl sites for hydroxylation is 1. The Bertz CT molecular complexity index is 496. The summed E-state index contributed by atoms with van der Waals surface area (Å²) in [7, 11) is 0. The topological polar surface area (TPSA) is 29.5 Å². The number of aliphatic hydroxyl groups excluding tert-OH is 1. The summed E-state index contributed by atoms with van der Waals surface area (Å²) < 4.78 is 6.43. The van der Waals surface area contributed by atoms with Crippen molar-refractivity contribution in [2.75, 3.05) is 0 Å². The van der Waals surface area contributed by atoms with E-state index in [1.54, 1.807) is 0 Å². The van der Waals surface area contributed by atoms with E-state index >= 15 is 0 Å². The molecule has 1 aliphatic carbocycles. The first-order valence-corrected chi connectivity index (χ1v) is 8.59. The predicted molar refractivity (Wildman–Crippen MR) is 85.6 cm³/mol. The lowest BCUT2D eigenvalue weighted by molar-refractivity contribution is -0.0251. The Balaban J connectivity index is 1.79. The second-order valence-electron chi connectivity index (χ2n) is 7.13. The third kappa shape index (κ3) is 3.11. The van der Waals surface area contributed by atoms with Crippen LogP contribution in [0.15, 0.2) is 18.2 Å². The van der Waals surface area contributed by atoms with Crippen LogP contribution in [0.25, 0.3) is 0 Å². The molecule has 3 rings (SSSR count). The molecule has 0 bridgehead atoms. The van der Waals surface area contributed by atoms with Crippen LogP contribution in [0.1, 0.15) is 75.5 Å². The Morgan fingerprint density at radius 1 is 1.29 bits per heavy atom. The molecule has 1 fully saturated rings. The summed E-state index contributed by atoms with van der Waals surface area (Å²) in [6.45, 7) is 4.35. The van der Waals surface area contributed by atoms with Gasteiger partial charge in [-0.2, -0.15) is 0 Å². The minimum atomic E-state index is -0.364. The molecule has 2 nitrogen and oxygen atoms in total. The minimum absolute atomic E-state index is 0.121. The average molecular weight is 288 g/mol. The smallest absolute Gasteiger partial charge is 0.125 e. The van der Waals surface area contributed by atoms with Crippen LogP contribution in [0.4, 0.5) is 0 Å². The molecule has 1 spiro atoms. The molecular formula is C19H28O2. The number of benzene rings is 1. The highest BCUT2D eigenvalue weighted by molar-refractivity contribution is 5.40. The number of aliphatic hydroxyl groups is 1. The standard InChI is InChI=1S/C19H28O2/c1-3-5-15-6-4-10-19(11-9-15)13-17(20)16-12-14(2)7-8-18(16)21-19/h7-8,12,15,17,20H,3-6,9-11,13H2,1-2H3. The van der Waals surface area contributed by atoms with Crippen LogP contribution in [0.2, 0.25) is 0 Å². The highest BCUT2D eigenvalue weighted by Gasteiger charge is 2.41. The third-order valence-electron chi connectivity index (χ3n) is 5.37. The first kappa shape index (κ1) is 14.9. The largest absolute Gasteiger partial charge is 0.487 e. The molecule has 3 unspecified atom stereocenters. The van der Waals surface area contributed by atoms with Crippen molar-refractivity contribution in [2.45, 2.75) is 76.9 Å². The van der Waals surface area contributed by atoms with Gasteiger partial charge < -0.3 is 9.84 Å². The van der Waals surface area contributed by atoms with Crippen LogP contribution in [0, 0.1) is 12.8 Å². The maximum atomic E-state index is 10.6. The summed E-state index contributed by atoms with van der Waals surface area (Å²) in [4.78, 5) is 0. The first-order valence-electron chi connectivity index (χ1n) is 8.59. The highest BCUT2D eigenvalue weighted by atomic mass is 16.5. The van der Waals surface area contributed by atoms with Gasteiger partial charge in [0.1, 0.15) is 11.4 Å². The summed E-state index contributed by atoms with van der Waals surface area (Å²) in [5.41, 5.74) is 2.05. The average Bonchev–Trinajstić information content (AvgIpc) is 2.64. The molecule has 21 heavy (non-hydrogen) atoms. The fraction of sp³-hybridized carbons (Fsp3) is 0.684. The van der Waals surface area contributed by atoms with E-state index in [9.17, 15) is 5.11 Å². The van der Waals surface area contributed by atoms with Gasteiger partial charge in [0, 0.05) is 12.0 Å². The van der Waals surface area contributed by atoms with Crippen molar-refractivity contribution in [1.29, 1.82) is 0 Å². The van der Waals surface area contributed by atoms with Crippen LogP contribution >= 0.6 is 0 Å². The Kier molecular flexibility index (Phi) is 4.26. The van der Waals surface area contributed by atoms with Crippen molar-refractivity contribution in [3.8, 4) is 5.75 Å². The van der Waals surface area contributed by atoms with Gasteiger partial charge in [-0.25, -0.2) is 0 Å². The first-order chi connectivity index (χ1) is 10.1. The molecule has 2 heteroatoms. The zero-order chi connectivity index (χ0) is 14.9. The summed E-state index contributed by atoms with van der Waals surface area (Å²) in [5, 5.41) is 10.6. The van der Waals surface area contributed by atoms with Crippen molar-refractivity contribution in [2.24, 2.45) is 5.92 Å². The quantitative estimate of drug-likeness (QED) is 0.836. The van der Waals surface area contributed by atoms with E-state index in [4.69, 9.17) is 4.74 Å². The second-order valence-corrected chi connectivity index (χ2v) is 7.13. The third-order valence-corrected chi connectivity index (χ3v) is 5.37. The normalized spacial score (nSPS) is 32.3. The van der Waals surface area contributed by atoms with Gasteiger partial charge in [-0.05, 0) is 50.7 Å². The Labute approximate surface area is 128 Å². The fourth-order valence-electron chi connectivity index (χ4n) is 4.21. The Hall–Kier alpha value is -1.02. The van der Waals surface area contributed by atoms with Gasteiger partial charge in [0.05, 0.1) is 6.10 Å². The zero-order valence-electron chi connectivity index (χ0n) is 13.4. The van der Waals surface area contributed by atoms with E-state index in [2.05, 4.69) is 26.0 Å². The molecule has 0 aromatic heterocycles. The van der Waals surface area contributed by atoms with Crippen molar-refractivity contribution >= 4 is 0 Å². The molecule has 0 radical (unpaired) electrons. The molecule has 116 valence electrons. The molecule has 0 amide bonds. The number of hydrogen-bond donors (Lipinski definition) is 1. The lowest BCUT2D eigenvalue weighted by Gasteiger charge is -2.40. The molecule has 1 aromatic rings. The van der Waals surface area contributed by atoms with Crippen molar-refractivity contribution in [3.63, 3.8) is 0 Å². The van der Waals surface area contributed by atoms with E-state index in [-0.39, 0.29) is 11.7 Å². The molecule has 0 saturated heterocycles. The molecular weight excluding hydrogens is 260 g/mol. The summed E-state index contributed by atoms with van der Waals surface area (Å²) in [5.74, 6) is 1.77.